The molecule has 14 nitrogen and oxygen atoms in total. The number of nitrogens with one attached hydrogen (secondary N) is 4. The van der Waals surface area contributed by atoms with Crippen LogP contribution in [0, 0.1) is 0 Å². The van der Waals surface area contributed by atoms with E-state index in [2.05, 4.69) is 21.3 Å². The molecule has 0 aromatic heterocycles. The maximum Gasteiger partial charge on any atom is 0.302 e. The van der Waals surface area contributed by atoms with Crippen LogP contribution < -0.4 is 21.3 Å². The molecule has 14 heteroatoms. The molecule has 1 aliphatic rings. The summed E-state index contributed by atoms with van der Waals surface area (Å²) in [6.07, 6.45) is 4.31. The van der Waals surface area contributed by atoms with E-state index in [1.54, 1.807) is 14.2 Å². The van der Waals surface area contributed by atoms with Crippen LogP contribution in [-0.2, 0) is 47.7 Å². The van der Waals surface area contributed by atoms with Gasteiger partial charge in [0.05, 0.1) is 13.2 Å². The number of rotatable bonds is 25. The first-order valence-corrected chi connectivity index (χ1v) is 18.8. The van der Waals surface area contributed by atoms with E-state index >= 15 is 0 Å². The zero-order valence-electron chi connectivity index (χ0n) is 32.6. The maximum absolute atomic E-state index is 12.6. The van der Waals surface area contributed by atoms with Crippen molar-refractivity contribution in [3.05, 3.63) is 47.5 Å². The Balaban J connectivity index is 0.000000660. The monoisotopic (exact) mass is 756 g/mol. The molecule has 0 saturated carbocycles. The number of anilines is 2. The van der Waals surface area contributed by atoms with Gasteiger partial charge in [0.15, 0.2) is 0 Å². The van der Waals surface area contributed by atoms with Crippen molar-refractivity contribution >= 4 is 41.0 Å². The second-order valence-electron chi connectivity index (χ2n) is 12.6. The standard InChI is InChI=1S/C31H41N3O7.C9H19NO3/c1-4-7-30(37)33-22-10-12-24-25-13-11-23(19-27(25)28(26(24)18-22)20-41-21(2)35)34-31(38)9-5-8-29(36)32-14-17-40-16-6-15-39-3;1-3-9(11)10-5-8-13-7-4-6-12-2/h10-13,18-19,28H,4-9,14-17,20H2,1-3H3,(H,32,36)(H,33,37)(H,34,38);3-8H2,1-2H3,(H,10,11). The fourth-order valence-electron chi connectivity index (χ4n) is 5.53. The van der Waals surface area contributed by atoms with Crippen molar-refractivity contribution in [2.45, 2.75) is 78.1 Å². The Morgan fingerprint density at radius 3 is 1.59 bits per heavy atom. The van der Waals surface area contributed by atoms with Crippen LogP contribution in [0.1, 0.15) is 89.2 Å². The summed E-state index contributed by atoms with van der Waals surface area (Å²) in [4.78, 5) is 59.2. The number of ether oxygens (including phenoxy) is 5. The molecule has 2 aromatic carbocycles. The first-order valence-electron chi connectivity index (χ1n) is 18.8. The Morgan fingerprint density at radius 1 is 0.611 bits per heavy atom. The van der Waals surface area contributed by atoms with Gasteiger partial charge in [-0.15, -0.1) is 0 Å². The average Bonchev–Trinajstić information content (AvgIpc) is 3.45. The quantitative estimate of drug-likeness (QED) is 0.0801. The molecule has 2 aromatic rings. The van der Waals surface area contributed by atoms with Crippen LogP contribution in [0.3, 0.4) is 0 Å². The molecule has 3 rings (SSSR count). The molecule has 0 aliphatic heterocycles. The normalized spacial score (nSPS) is 12.4. The fraction of sp³-hybridized carbons (Fsp3) is 0.575. The zero-order valence-corrected chi connectivity index (χ0v) is 32.6. The van der Waals surface area contributed by atoms with Crippen LogP contribution in [0.4, 0.5) is 11.4 Å². The molecule has 4 N–H and O–H groups in total. The molecule has 1 unspecified atom stereocenters. The number of hydrogen-bond donors (Lipinski definition) is 4. The van der Waals surface area contributed by atoms with Gasteiger partial charge in [0.25, 0.3) is 0 Å². The first-order chi connectivity index (χ1) is 26.1. The highest BCUT2D eigenvalue weighted by Crippen LogP contribution is 2.46. The summed E-state index contributed by atoms with van der Waals surface area (Å²) in [7, 11) is 3.31. The van der Waals surface area contributed by atoms with Gasteiger partial charge < -0.3 is 45.0 Å². The molecular formula is C40H60N4O10. The van der Waals surface area contributed by atoms with E-state index in [4.69, 9.17) is 23.7 Å². The summed E-state index contributed by atoms with van der Waals surface area (Å²) in [6.45, 7) is 9.97. The minimum Gasteiger partial charge on any atom is -0.465 e. The van der Waals surface area contributed by atoms with Crippen molar-refractivity contribution in [2.75, 3.05) is 84.2 Å². The van der Waals surface area contributed by atoms with Gasteiger partial charge in [-0.25, -0.2) is 0 Å². The fourth-order valence-corrected chi connectivity index (χ4v) is 5.53. The lowest BCUT2D eigenvalue weighted by Crippen LogP contribution is -2.27. The van der Waals surface area contributed by atoms with E-state index in [1.807, 2.05) is 50.2 Å². The Hall–Kier alpha value is -4.37. The highest BCUT2D eigenvalue weighted by atomic mass is 16.5. The average molecular weight is 757 g/mol. The molecule has 4 amide bonds. The third-order valence-corrected chi connectivity index (χ3v) is 8.18. The van der Waals surface area contributed by atoms with Gasteiger partial charge in [-0.3, -0.25) is 24.0 Å². The van der Waals surface area contributed by atoms with Crippen molar-refractivity contribution in [3.8, 4) is 11.1 Å². The highest BCUT2D eigenvalue weighted by Gasteiger charge is 2.30. The third-order valence-electron chi connectivity index (χ3n) is 8.18. The first kappa shape index (κ1) is 45.8. The van der Waals surface area contributed by atoms with Gasteiger partial charge in [0, 0.05) is 104 Å². The predicted octanol–water partition coefficient (Wildman–Crippen LogP) is 4.94. The number of methoxy groups -OCH3 is 2. The van der Waals surface area contributed by atoms with Gasteiger partial charge in [-0.2, -0.15) is 0 Å². The van der Waals surface area contributed by atoms with Crippen molar-refractivity contribution in [1.29, 1.82) is 0 Å². The summed E-state index contributed by atoms with van der Waals surface area (Å²) >= 11 is 0. The summed E-state index contributed by atoms with van der Waals surface area (Å²) in [5.41, 5.74) is 5.18. The second kappa shape index (κ2) is 27.2. The SMILES string of the molecule is CCC(=O)NCCOCCCOC.CCCC(=O)Nc1ccc2c(c1)C(COC(C)=O)c1cc(NC(=O)CCCC(=O)NCCOCCCOC)ccc1-2. The van der Waals surface area contributed by atoms with Crippen molar-refractivity contribution in [1.82, 2.24) is 10.6 Å². The summed E-state index contributed by atoms with van der Waals surface area (Å²) in [6, 6.07) is 11.4. The van der Waals surface area contributed by atoms with Gasteiger partial charge in [-0.1, -0.05) is 26.0 Å². The van der Waals surface area contributed by atoms with E-state index < -0.39 is 0 Å². The lowest BCUT2D eigenvalue weighted by molar-refractivity contribution is -0.141. The van der Waals surface area contributed by atoms with Gasteiger partial charge in [0.2, 0.25) is 23.6 Å². The number of carbonyl (C=O) groups is 5. The number of amides is 4. The molecule has 0 heterocycles. The Kier molecular flexibility index (Phi) is 23.1. The smallest absolute Gasteiger partial charge is 0.302 e. The van der Waals surface area contributed by atoms with Crippen molar-refractivity contribution < 1.29 is 47.7 Å². The van der Waals surface area contributed by atoms with Gasteiger partial charge >= 0.3 is 5.97 Å². The minimum atomic E-state index is -0.379. The van der Waals surface area contributed by atoms with Crippen LogP contribution in [0.5, 0.6) is 0 Å². The minimum absolute atomic E-state index is 0.0512. The summed E-state index contributed by atoms with van der Waals surface area (Å²) < 4.78 is 25.8. The number of hydrogen-bond acceptors (Lipinski definition) is 10. The van der Waals surface area contributed by atoms with Crippen LogP contribution in [0.2, 0.25) is 0 Å². The van der Waals surface area contributed by atoms with E-state index in [9.17, 15) is 24.0 Å². The van der Waals surface area contributed by atoms with Crippen LogP contribution in [0.25, 0.3) is 11.1 Å². The maximum atomic E-state index is 12.6. The molecule has 0 fully saturated rings. The van der Waals surface area contributed by atoms with Gasteiger partial charge in [-0.05, 0) is 72.2 Å². The Morgan fingerprint density at radius 2 is 1.11 bits per heavy atom. The van der Waals surface area contributed by atoms with E-state index in [1.165, 1.54) is 6.92 Å². The Labute approximate surface area is 319 Å². The van der Waals surface area contributed by atoms with Crippen molar-refractivity contribution in [3.63, 3.8) is 0 Å². The molecule has 54 heavy (non-hydrogen) atoms. The zero-order chi connectivity index (χ0) is 39.6. The Bertz CT molecular complexity index is 1470. The van der Waals surface area contributed by atoms with Gasteiger partial charge in [0.1, 0.15) is 6.61 Å². The van der Waals surface area contributed by atoms with Crippen LogP contribution >= 0.6 is 0 Å². The molecule has 1 atom stereocenters. The molecular weight excluding hydrogens is 696 g/mol. The van der Waals surface area contributed by atoms with Crippen LogP contribution in [0.15, 0.2) is 36.4 Å². The summed E-state index contributed by atoms with van der Waals surface area (Å²) in [5, 5.41) is 11.4. The molecule has 0 radical (unpaired) electrons. The molecule has 0 spiro atoms. The molecule has 0 saturated heterocycles. The van der Waals surface area contributed by atoms with Crippen LogP contribution in [-0.4, -0.2) is 103 Å². The predicted molar refractivity (Wildman–Crippen MR) is 207 cm³/mol. The molecule has 300 valence electrons. The van der Waals surface area contributed by atoms with E-state index in [-0.39, 0.29) is 55.0 Å². The van der Waals surface area contributed by atoms with E-state index in [0.29, 0.717) is 76.8 Å². The number of esters is 1. The number of carbonyl (C=O) groups excluding carboxylic acids is 5. The lowest BCUT2D eigenvalue weighted by Gasteiger charge is -2.15. The molecule has 1 aliphatic carbocycles. The topological polar surface area (TPSA) is 180 Å². The van der Waals surface area contributed by atoms with Crippen molar-refractivity contribution in [2.24, 2.45) is 0 Å². The largest absolute Gasteiger partial charge is 0.465 e. The molecule has 0 bridgehead atoms. The lowest BCUT2D eigenvalue weighted by atomic mass is 9.97. The summed E-state index contributed by atoms with van der Waals surface area (Å²) in [5.74, 6) is -0.906. The highest BCUT2D eigenvalue weighted by molar-refractivity contribution is 5.94. The second-order valence-corrected chi connectivity index (χ2v) is 12.6. The van der Waals surface area contributed by atoms with E-state index in [0.717, 1.165) is 48.1 Å². The number of benzene rings is 2. The number of fused-ring (bicyclic) bond motifs is 3. The third kappa shape index (κ3) is 18.1.